The lowest BCUT2D eigenvalue weighted by Crippen LogP contribution is -2.26. The minimum absolute atomic E-state index is 0.207. The van der Waals surface area contributed by atoms with Crippen LogP contribution in [-0.4, -0.2) is 16.6 Å². The van der Waals surface area contributed by atoms with Crippen LogP contribution in [0.25, 0.3) is 0 Å². The molecule has 4 rings (SSSR count). The van der Waals surface area contributed by atoms with Crippen LogP contribution in [0.5, 0.6) is 0 Å². The second-order valence-corrected chi connectivity index (χ2v) is 7.30. The van der Waals surface area contributed by atoms with E-state index in [1.54, 1.807) is 30.5 Å². The van der Waals surface area contributed by atoms with E-state index in [1.165, 1.54) is 5.01 Å². The van der Waals surface area contributed by atoms with Crippen molar-refractivity contribution >= 4 is 39.1 Å². The lowest BCUT2D eigenvalue weighted by atomic mass is 10.0. The summed E-state index contributed by atoms with van der Waals surface area (Å²) in [4.78, 5) is 13.0. The molecule has 1 amide bonds. The second-order valence-electron chi connectivity index (χ2n) is 5.95. The van der Waals surface area contributed by atoms with Crippen LogP contribution < -0.4 is 0 Å². The molecule has 0 fully saturated rings. The second kappa shape index (κ2) is 7.09. The van der Waals surface area contributed by atoms with Crippen LogP contribution in [0, 0.1) is 0 Å². The molecule has 1 atom stereocenters. The average molecular weight is 430 g/mol. The Hall–Kier alpha value is -2.37. The van der Waals surface area contributed by atoms with Crippen molar-refractivity contribution in [2.45, 2.75) is 12.5 Å². The van der Waals surface area contributed by atoms with Crippen LogP contribution in [0.4, 0.5) is 0 Å². The number of carbonyl (C=O) groups excluding carboxylic acids is 1. The molecule has 2 heterocycles. The van der Waals surface area contributed by atoms with Crippen LogP contribution in [0.2, 0.25) is 5.02 Å². The minimum Gasteiger partial charge on any atom is -0.467 e. The number of hydrazone groups is 1. The molecule has 1 aliphatic heterocycles. The fourth-order valence-electron chi connectivity index (χ4n) is 2.97. The summed E-state index contributed by atoms with van der Waals surface area (Å²) in [6, 6.07) is 18.2. The Morgan fingerprint density at radius 2 is 1.96 bits per heavy atom. The van der Waals surface area contributed by atoms with Crippen molar-refractivity contribution in [2.75, 3.05) is 0 Å². The van der Waals surface area contributed by atoms with Gasteiger partial charge in [-0.3, -0.25) is 4.79 Å². The molecule has 1 aromatic heterocycles. The van der Waals surface area contributed by atoms with Gasteiger partial charge in [0.15, 0.2) is 0 Å². The predicted octanol–water partition coefficient (Wildman–Crippen LogP) is 5.69. The van der Waals surface area contributed by atoms with Crippen molar-refractivity contribution < 1.29 is 9.21 Å². The number of rotatable bonds is 3. The van der Waals surface area contributed by atoms with Gasteiger partial charge in [0.2, 0.25) is 0 Å². The van der Waals surface area contributed by atoms with Crippen LogP contribution in [-0.2, 0) is 0 Å². The first-order valence-electron chi connectivity index (χ1n) is 8.08. The number of nitrogens with zero attached hydrogens (tertiary/aromatic N) is 2. The van der Waals surface area contributed by atoms with Crippen molar-refractivity contribution in [3.63, 3.8) is 0 Å². The smallest absolute Gasteiger partial charge is 0.274 e. The average Bonchev–Trinajstić information content (AvgIpc) is 3.31. The summed E-state index contributed by atoms with van der Waals surface area (Å²) in [5.74, 6) is 0.497. The molecule has 0 saturated carbocycles. The molecule has 0 radical (unpaired) electrons. The van der Waals surface area contributed by atoms with E-state index in [0.29, 0.717) is 22.8 Å². The van der Waals surface area contributed by atoms with Crippen molar-refractivity contribution in [1.82, 2.24) is 5.01 Å². The van der Waals surface area contributed by atoms with Gasteiger partial charge in [0.1, 0.15) is 11.8 Å². The highest BCUT2D eigenvalue weighted by molar-refractivity contribution is 9.10. The van der Waals surface area contributed by atoms with Crippen molar-refractivity contribution in [2.24, 2.45) is 5.10 Å². The molecule has 0 N–H and O–H groups in total. The molecule has 0 aliphatic carbocycles. The molecule has 130 valence electrons. The lowest BCUT2D eigenvalue weighted by molar-refractivity contribution is 0.0693. The number of halogens is 2. The summed E-state index contributed by atoms with van der Waals surface area (Å²) in [7, 11) is 0. The van der Waals surface area contributed by atoms with Gasteiger partial charge in [-0.15, -0.1) is 0 Å². The minimum atomic E-state index is -0.282. The zero-order valence-electron chi connectivity index (χ0n) is 13.6. The SMILES string of the molecule is O=C(c1cccc(Cl)c1)N1N=C(c2ccc(Br)cc2)C[C@H]1c1ccco1. The Bertz CT molecular complexity index is 968. The maximum Gasteiger partial charge on any atom is 0.274 e. The quantitative estimate of drug-likeness (QED) is 0.537. The highest BCUT2D eigenvalue weighted by Gasteiger charge is 2.35. The van der Waals surface area contributed by atoms with Crippen LogP contribution >= 0.6 is 27.5 Å². The normalized spacial score (nSPS) is 16.6. The molecule has 0 unspecified atom stereocenters. The number of benzene rings is 2. The van der Waals surface area contributed by atoms with Crippen LogP contribution in [0.15, 0.2) is 80.9 Å². The third-order valence-corrected chi connectivity index (χ3v) is 5.00. The molecule has 0 bridgehead atoms. The Balaban J connectivity index is 1.72. The standard InChI is InChI=1S/C20H14BrClN2O2/c21-15-8-6-13(7-9-15)17-12-18(19-5-2-10-26-19)24(23-17)20(25)14-3-1-4-16(22)11-14/h1-11,18H,12H2/t18-/m0/s1. The predicted molar refractivity (Wildman–Crippen MR) is 104 cm³/mol. The van der Waals surface area contributed by atoms with E-state index in [2.05, 4.69) is 21.0 Å². The Labute approximate surface area is 164 Å². The monoisotopic (exact) mass is 428 g/mol. The van der Waals surface area contributed by atoms with Crippen molar-refractivity contribution in [3.8, 4) is 0 Å². The van der Waals surface area contributed by atoms with Gasteiger partial charge in [-0.2, -0.15) is 5.10 Å². The topological polar surface area (TPSA) is 45.8 Å². The summed E-state index contributed by atoms with van der Waals surface area (Å²) in [6.45, 7) is 0. The zero-order valence-corrected chi connectivity index (χ0v) is 15.9. The molecule has 4 nitrogen and oxygen atoms in total. The number of furan rings is 1. The van der Waals surface area contributed by atoms with Crippen LogP contribution in [0.1, 0.15) is 34.1 Å². The van der Waals surface area contributed by atoms with Gasteiger partial charge in [0, 0.05) is 21.5 Å². The van der Waals surface area contributed by atoms with Crippen molar-refractivity contribution in [3.05, 3.63) is 93.3 Å². The molecule has 6 heteroatoms. The molecular formula is C20H14BrClN2O2. The summed E-state index contributed by atoms with van der Waals surface area (Å²) < 4.78 is 6.55. The molecule has 26 heavy (non-hydrogen) atoms. The summed E-state index contributed by atoms with van der Waals surface area (Å²) >= 11 is 9.48. The first-order valence-corrected chi connectivity index (χ1v) is 9.25. The maximum absolute atomic E-state index is 13.0. The molecule has 0 spiro atoms. The first kappa shape index (κ1) is 17.1. The van der Waals surface area contributed by atoms with Gasteiger partial charge in [-0.05, 0) is 48.0 Å². The van der Waals surface area contributed by atoms with E-state index in [9.17, 15) is 4.79 Å². The van der Waals surface area contributed by atoms with Gasteiger partial charge >= 0.3 is 0 Å². The zero-order chi connectivity index (χ0) is 18.1. The van der Waals surface area contributed by atoms with Gasteiger partial charge in [0.05, 0.1) is 12.0 Å². The third-order valence-electron chi connectivity index (χ3n) is 4.24. The largest absolute Gasteiger partial charge is 0.467 e. The number of hydrogen-bond acceptors (Lipinski definition) is 3. The van der Waals surface area contributed by atoms with E-state index in [1.807, 2.05) is 36.4 Å². The maximum atomic E-state index is 13.0. The highest BCUT2D eigenvalue weighted by atomic mass is 79.9. The molecular weight excluding hydrogens is 416 g/mol. The summed E-state index contributed by atoms with van der Waals surface area (Å²) in [6.07, 6.45) is 2.19. The third kappa shape index (κ3) is 3.32. The fraction of sp³-hybridized carbons (Fsp3) is 0.100. The van der Waals surface area contributed by atoms with Crippen molar-refractivity contribution in [1.29, 1.82) is 0 Å². The number of carbonyl (C=O) groups is 1. The van der Waals surface area contributed by atoms with Gasteiger partial charge in [-0.25, -0.2) is 5.01 Å². The van der Waals surface area contributed by atoms with Gasteiger partial charge in [0.25, 0.3) is 5.91 Å². The Kier molecular flexibility index (Phi) is 4.66. The lowest BCUT2D eigenvalue weighted by Gasteiger charge is -2.20. The number of amides is 1. The first-order chi connectivity index (χ1) is 12.6. The summed E-state index contributed by atoms with van der Waals surface area (Å²) in [5, 5.41) is 6.62. The van der Waals surface area contributed by atoms with Gasteiger partial charge in [-0.1, -0.05) is 45.7 Å². The van der Waals surface area contributed by atoms with Gasteiger partial charge < -0.3 is 4.42 Å². The van der Waals surface area contributed by atoms with E-state index in [4.69, 9.17) is 16.0 Å². The molecule has 3 aromatic rings. The van der Waals surface area contributed by atoms with E-state index < -0.39 is 0 Å². The van der Waals surface area contributed by atoms with E-state index in [-0.39, 0.29) is 11.9 Å². The molecule has 0 saturated heterocycles. The van der Waals surface area contributed by atoms with E-state index in [0.717, 1.165) is 15.7 Å². The van der Waals surface area contributed by atoms with E-state index >= 15 is 0 Å². The summed E-state index contributed by atoms with van der Waals surface area (Å²) in [5.41, 5.74) is 2.32. The van der Waals surface area contributed by atoms with Crippen LogP contribution in [0.3, 0.4) is 0 Å². The highest BCUT2D eigenvalue weighted by Crippen LogP contribution is 2.34. The Morgan fingerprint density at radius 3 is 2.65 bits per heavy atom. The fourth-order valence-corrected chi connectivity index (χ4v) is 3.43. The Morgan fingerprint density at radius 1 is 1.15 bits per heavy atom. The molecule has 2 aromatic carbocycles. The number of hydrogen-bond donors (Lipinski definition) is 0. The molecule has 1 aliphatic rings.